The van der Waals surface area contributed by atoms with Crippen LogP contribution in [0.5, 0.6) is 0 Å². The molecule has 3 rings (SSSR count). The second-order valence-electron chi connectivity index (χ2n) is 5.20. The second-order valence-corrected chi connectivity index (χ2v) is 5.20. The lowest BCUT2D eigenvalue weighted by molar-refractivity contribution is 0.0951. The number of nitrogens with zero attached hydrogens (tertiary/aromatic N) is 4. The minimum atomic E-state index is -0.0378. The van der Waals surface area contributed by atoms with Crippen molar-refractivity contribution in [2.75, 3.05) is 19.6 Å². The molecule has 0 radical (unpaired) electrons. The normalized spacial score (nSPS) is 17.8. The van der Waals surface area contributed by atoms with Gasteiger partial charge in [-0.2, -0.15) is 0 Å². The number of hydrogen-bond donors (Lipinski definition) is 2. The van der Waals surface area contributed by atoms with Crippen LogP contribution < -0.4 is 10.6 Å². The van der Waals surface area contributed by atoms with Gasteiger partial charge in [-0.25, -0.2) is 4.68 Å². The first-order valence-electron chi connectivity index (χ1n) is 7.15. The van der Waals surface area contributed by atoms with Crippen LogP contribution in [0.4, 0.5) is 0 Å². The molecule has 0 aliphatic carbocycles. The minimum absolute atomic E-state index is 0.0378. The van der Waals surface area contributed by atoms with Crippen LogP contribution in [0.25, 0.3) is 5.69 Å². The standard InChI is InChI=1S/C14H18N6O/c21-14(16-8-6-11-5-7-15-9-11)12-1-3-13(4-2-12)20-10-17-18-19-20/h1-4,10-11,15H,5-9H2,(H,16,21). The van der Waals surface area contributed by atoms with Crippen molar-refractivity contribution in [3.63, 3.8) is 0 Å². The molecule has 1 amide bonds. The van der Waals surface area contributed by atoms with E-state index in [9.17, 15) is 4.79 Å². The molecule has 1 fully saturated rings. The molecule has 2 aromatic rings. The third kappa shape index (κ3) is 3.43. The molecule has 7 nitrogen and oxygen atoms in total. The van der Waals surface area contributed by atoms with Gasteiger partial charge in [-0.3, -0.25) is 4.79 Å². The molecule has 7 heteroatoms. The van der Waals surface area contributed by atoms with Gasteiger partial charge in [0.1, 0.15) is 6.33 Å². The van der Waals surface area contributed by atoms with Crippen LogP contribution in [-0.4, -0.2) is 45.7 Å². The van der Waals surface area contributed by atoms with E-state index >= 15 is 0 Å². The molecule has 1 aromatic heterocycles. The van der Waals surface area contributed by atoms with Crippen LogP contribution in [0.3, 0.4) is 0 Å². The highest BCUT2D eigenvalue weighted by atomic mass is 16.1. The van der Waals surface area contributed by atoms with Crippen molar-refractivity contribution in [1.29, 1.82) is 0 Å². The van der Waals surface area contributed by atoms with Gasteiger partial charge in [0.25, 0.3) is 5.91 Å². The van der Waals surface area contributed by atoms with E-state index in [0.717, 1.165) is 31.7 Å². The Morgan fingerprint density at radius 1 is 1.38 bits per heavy atom. The Hall–Kier alpha value is -2.28. The lowest BCUT2D eigenvalue weighted by atomic mass is 10.1. The average Bonchev–Trinajstić information content (AvgIpc) is 3.21. The lowest BCUT2D eigenvalue weighted by Crippen LogP contribution is -2.26. The van der Waals surface area contributed by atoms with Crippen LogP contribution >= 0.6 is 0 Å². The molecule has 110 valence electrons. The summed E-state index contributed by atoms with van der Waals surface area (Å²) in [6.45, 7) is 2.88. The van der Waals surface area contributed by atoms with Crippen LogP contribution in [0, 0.1) is 5.92 Å². The molecule has 0 bridgehead atoms. The maximum atomic E-state index is 12.0. The summed E-state index contributed by atoms with van der Waals surface area (Å²) < 4.78 is 1.55. The Bertz CT molecular complexity index is 574. The first-order chi connectivity index (χ1) is 10.3. The van der Waals surface area contributed by atoms with Gasteiger partial charge < -0.3 is 10.6 Å². The van der Waals surface area contributed by atoms with Crippen LogP contribution in [0.2, 0.25) is 0 Å². The van der Waals surface area contributed by atoms with Gasteiger partial charge in [-0.15, -0.1) is 5.10 Å². The summed E-state index contributed by atoms with van der Waals surface area (Å²) in [6, 6.07) is 7.21. The Morgan fingerprint density at radius 3 is 2.90 bits per heavy atom. The van der Waals surface area contributed by atoms with E-state index in [0.29, 0.717) is 11.5 Å². The zero-order chi connectivity index (χ0) is 14.5. The Balaban J connectivity index is 1.52. The molecule has 2 N–H and O–H groups in total. The van der Waals surface area contributed by atoms with Crippen LogP contribution in [-0.2, 0) is 0 Å². The molecule has 1 atom stereocenters. The summed E-state index contributed by atoms with van der Waals surface area (Å²) in [5.74, 6) is 0.650. The fourth-order valence-corrected chi connectivity index (χ4v) is 2.50. The molecule has 1 aliphatic heterocycles. The van der Waals surface area contributed by atoms with E-state index in [1.807, 2.05) is 12.1 Å². The molecule has 2 heterocycles. The van der Waals surface area contributed by atoms with Crippen LogP contribution in [0.15, 0.2) is 30.6 Å². The monoisotopic (exact) mass is 286 g/mol. The van der Waals surface area contributed by atoms with Crippen molar-refractivity contribution in [1.82, 2.24) is 30.8 Å². The molecular weight excluding hydrogens is 268 g/mol. The van der Waals surface area contributed by atoms with Gasteiger partial charge in [0.2, 0.25) is 0 Å². The van der Waals surface area contributed by atoms with E-state index in [-0.39, 0.29) is 5.91 Å². The predicted molar refractivity (Wildman–Crippen MR) is 77.1 cm³/mol. The first-order valence-corrected chi connectivity index (χ1v) is 7.15. The summed E-state index contributed by atoms with van der Waals surface area (Å²) in [7, 11) is 0. The topological polar surface area (TPSA) is 84.7 Å². The van der Waals surface area contributed by atoms with E-state index < -0.39 is 0 Å². The number of nitrogens with one attached hydrogen (secondary N) is 2. The number of benzene rings is 1. The minimum Gasteiger partial charge on any atom is -0.352 e. The molecule has 1 aromatic carbocycles. The highest BCUT2D eigenvalue weighted by Crippen LogP contribution is 2.11. The van der Waals surface area contributed by atoms with Gasteiger partial charge in [-0.1, -0.05) is 0 Å². The zero-order valence-corrected chi connectivity index (χ0v) is 11.7. The Kier molecular flexibility index (Phi) is 4.20. The van der Waals surface area contributed by atoms with E-state index in [2.05, 4.69) is 26.2 Å². The summed E-state index contributed by atoms with van der Waals surface area (Å²) >= 11 is 0. The summed E-state index contributed by atoms with van der Waals surface area (Å²) in [4.78, 5) is 12.0. The smallest absolute Gasteiger partial charge is 0.251 e. The van der Waals surface area contributed by atoms with Gasteiger partial charge in [0, 0.05) is 12.1 Å². The molecule has 1 unspecified atom stereocenters. The maximum absolute atomic E-state index is 12.0. The number of rotatable bonds is 5. The maximum Gasteiger partial charge on any atom is 0.251 e. The van der Waals surface area contributed by atoms with Gasteiger partial charge in [0.15, 0.2) is 0 Å². The molecule has 21 heavy (non-hydrogen) atoms. The molecule has 0 saturated carbocycles. The largest absolute Gasteiger partial charge is 0.352 e. The first kappa shape index (κ1) is 13.7. The number of hydrogen-bond acceptors (Lipinski definition) is 5. The quantitative estimate of drug-likeness (QED) is 0.830. The lowest BCUT2D eigenvalue weighted by Gasteiger charge is -2.09. The van der Waals surface area contributed by atoms with Crippen molar-refractivity contribution in [3.8, 4) is 5.69 Å². The number of amides is 1. The third-order valence-electron chi connectivity index (χ3n) is 3.74. The average molecular weight is 286 g/mol. The summed E-state index contributed by atoms with van der Waals surface area (Å²) in [5.41, 5.74) is 1.48. The van der Waals surface area contributed by atoms with E-state index in [1.165, 1.54) is 12.7 Å². The fourth-order valence-electron chi connectivity index (χ4n) is 2.50. The summed E-state index contributed by atoms with van der Waals surface area (Å²) in [6.07, 6.45) is 3.75. The highest BCUT2D eigenvalue weighted by molar-refractivity contribution is 5.94. The molecule has 1 saturated heterocycles. The van der Waals surface area contributed by atoms with Gasteiger partial charge in [0.05, 0.1) is 5.69 Å². The Morgan fingerprint density at radius 2 is 2.24 bits per heavy atom. The number of carbonyl (C=O) groups excluding carboxylic acids is 1. The van der Waals surface area contributed by atoms with Crippen molar-refractivity contribution in [2.45, 2.75) is 12.8 Å². The van der Waals surface area contributed by atoms with E-state index in [4.69, 9.17) is 0 Å². The predicted octanol–water partition coefficient (Wildman–Crippen LogP) is 0.392. The molecule has 0 spiro atoms. The van der Waals surface area contributed by atoms with Crippen molar-refractivity contribution in [3.05, 3.63) is 36.2 Å². The Labute approximate surface area is 122 Å². The summed E-state index contributed by atoms with van der Waals surface area (Å²) in [5, 5.41) is 17.3. The van der Waals surface area contributed by atoms with E-state index in [1.54, 1.807) is 16.8 Å². The number of carbonyl (C=O) groups is 1. The van der Waals surface area contributed by atoms with Crippen molar-refractivity contribution in [2.24, 2.45) is 5.92 Å². The van der Waals surface area contributed by atoms with Gasteiger partial charge >= 0.3 is 0 Å². The second kappa shape index (κ2) is 6.45. The zero-order valence-electron chi connectivity index (χ0n) is 11.7. The SMILES string of the molecule is O=C(NCCC1CCNC1)c1ccc(-n2cnnn2)cc1. The molecular formula is C14H18N6O. The third-order valence-corrected chi connectivity index (χ3v) is 3.74. The highest BCUT2D eigenvalue weighted by Gasteiger charge is 2.14. The van der Waals surface area contributed by atoms with Gasteiger partial charge in [-0.05, 0) is 66.5 Å². The number of aromatic nitrogens is 4. The molecule has 1 aliphatic rings. The van der Waals surface area contributed by atoms with Crippen LogP contribution in [0.1, 0.15) is 23.2 Å². The van der Waals surface area contributed by atoms with Crippen molar-refractivity contribution < 1.29 is 4.79 Å². The van der Waals surface area contributed by atoms with Crippen molar-refractivity contribution >= 4 is 5.91 Å². The number of tetrazole rings is 1. The fraction of sp³-hybridized carbons (Fsp3) is 0.429.